The normalized spacial score (nSPS) is 9.21. The molecular weight excluding hydrogens is 220 g/mol. The Morgan fingerprint density at radius 3 is 3.07 bits per heavy atom. The molecule has 2 nitrogen and oxygen atoms in total. The summed E-state index contributed by atoms with van der Waals surface area (Å²) in [6.07, 6.45) is 0.730. The van der Waals surface area contributed by atoms with Crippen LogP contribution in [0.2, 0.25) is 0 Å². The zero-order valence-electron chi connectivity index (χ0n) is 7.42. The zero-order valence-corrected chi connectivity index (χ0v) is 8.99. The largest absolute Gasteiger partial charge is 0.481 e. The van der Waals surface area contributed by atoms with Crippen molar-refractivity contribution in [3.63, 3.8) is 0 Å². The lowest BCUT2D eigenvalue weighted by Gasteiger charge is -1.86. The van der Waals surface area contributed by atoms with Crippen molar-refractivity contribution in [2.24, 2.45) is 0 Å². The summed E-state index contributed by atoms with van der Waals surface area (Å²) in [5, 5.41) is 10.4. The summed E-state index contributed by atoms with van der Waals surface area (Å²) >= 11 is 6.88. The van der Waals surface area contributed by atoms with Crippen LogP contribution in [0.1, 0.15) is 16.9 Å². The maximum Gasteiger partial charge on any atom is 0.308 e. The Bertz CT molecular complexity index is 373. The quantitative estimate of drug-likeness (QED) is 0.637. The average molecular weight is 229 g/mol. The van der Waals surface area contributed by atoms with E-state index in [1.165, 1.54) is 11.3 Å². The molecule has 0 radical (unpaired) electrons. The molecule has 1 rings (SSSR count). The molecule has 0 aliphatic carbocycles. The van der Waals surface area contributed by atoms with Crippen LogP contribution in [0.15, 0.2) is 11.4 Å². The van der Waals surface area contributed by atoms with Crippen molar-refractivity contribution in [2.45, 2.75) is 12.8 Å². The van der Waals surface area contributed by atoms with Gasteiger partial charge in [-0.05, 0) is 6.07 Å². The molecule has 0 fully saturated rings. The summed E-state index contributed by atoms with van der Waals surface area (Å²) in [6, 6.07) is 1.81. The first-order valence-electron chi connectivity index (χ1n) is 4.06. The number of alkyl halides is 1. The fraction of sp³-hybridized carbons (Fsp3) is 0.300. The second kappa shape index (κ2) is 5.69. The van der Waals surface area contributed by atoms with Gasteiger partial charge in [-0.3, -0.25) is 4.79 Å². The smallest absolute Gasteiger partial charge is 0.308 e. The Balaban J connectivity index is 2.60. The highest BCUT2D eigenvalue weighted by molar-refractivity contribution is 7.10. The summed E-state index contributed by atoms with van der Waals surface area (Å²) in [7, 11) is 0. The predicted molar refractivity (Wildman–Crippen MR) is 57.9 cm³/mol. The fourth-order valence-electron chi connectivity index (χ4n) is 0.900. The van der Waals surface area contributed by atoms with Gasteiger partial charge in [-0.15, -0.1) is 22.9 Å². The highest BCUT2D eigenvalue weighted by Gasteiger charge is 2.02. The van der Waals surface area contributed by atoms with Gasteiger partial charge in [0.1, 0.15) is 0 Å². The molecule has 0 aromatic carbocycles. The van der Waals surface area contributed by atoms with Gasteiger partial charge in [0.25, 0.3) is 0 Å². The highest BCUT2D eigenvalue weighted by atomic mass is 35.5. The molecule has 0 saturated heterocycles. The molecule has 1 aromatic heterocycles. The molecule has 0 saturated carbocycles. The van der Waals surface area contributed by atoms with E-state index in [4.69, 9.17) is 16.7 Å². The van der Waals surface area contributed by atoms with Crippen molar-refractivity contribution in [1.82, 2.24) is 0 Å². The Kier molecular flexibility index (Phi) is 4.51. The van der Waals surface area contributed by atoms with Crippen LogP contribution >= 0.6 is 22.9 Å². The molecule has 0 unspecified atom stereocenters. The van der Waals surface area contributed by atoms with E-state index < -0.39 is 5.97 Å². The predicted octanol–water partition coefficient (Wildman–Crippen LogP) is 2.36. The van der Waals surface area contributed by atoms with Gasteiger partial charge in [-0.25, -0.2) is 0 Å². The third-order valence-electron chi connectivity index (χ3n) is 1.43. The molecular formula is C10H9ClO2S. The third kappa shape index (κ3) is 3.82. The summed E-state index contributed by atoms with van der Waals surface area (Å²) < 4.78 is 0. The molecule has 0 amide bonds. The van der Waals surface area contributed by atoms with E-state index in [9.17, 15) is 4.79 Å². The van der Waals surface area contributed by atoms with E-state index in [1.54, 1.807) is 6.07 Å². The lowest BCUT2D eigenvalue weighted by molar-refractivity contribution is -0.136. The molecule has 74 valence electrons. The fourth-order valence-corrected chi connectivity index (χ4v) is 1.80. The van der Waals surface area contributed by atoms with Crippen molar-refractivity contribution in [3.05, 3.63) is 21.9 Å². The number of rotatable bonds is 3. The molecule has 0 spiro atoms. The van der Waals surface area contributed by atoms with Crippen LogP contribution < -0.4 is 0 Å². The monoisotopic (exact) mass is 228 g/mol. The van der Waals surface area contributed by atoms with Gasteiger partial charge in [0.05, 0.1) is 6.42 Å². The minimum Gasteiger partial charge on any atom is -0.481 e. The van der Waals surface area contributed by atoms with Gasteiger partial charge in [0.2, 0.25) is 0 Å². The third-order valence-corrected chi connectivity index (χ3v) is 2.56. The molecule has 0 aliphatic heterocycles. The first-order valence-corrected chi connectivity index (χ1v) is 5.48. The Labute approximate surface area is 91.5 Å². The van der Waals surface area contributed by atoms with Gasteiger partial charge in [0, 0.05) is 28.1 Å². The van der Waals surface area contributed by atoms with Crippen LogP contribution in [0.25, 0.3) is 0 Å². The molecule has 0 atom stereocenters. The molecule has 1 N–H and O–H groups in total. The number of halogens is 1. The summed E-state index contributed by atoms with van der Waals surface area (Å²) in [6.45, 7) is 0. The SMILES string of the molecule is O=C(O)Cc1cc(C#CCCCl)cs1. The maximum absolute atomic E-state index is 10.4. The van der Waals surface area contributed by atoms with Crippen LogP contribution in [-0.2, 0) is 11.2 Å². The van der Waals surface area contributed by atoms with E-state index in [2.05, 4.69) is 11.8 Å². The maximum atomic E-state index is 10.4. The van der Waals surface area contributed by atoms with Gasteiger partial charge in [-0.1, -0.05) is 11.8 Å². The minimum atomic E-state index is -0.813. The summed E-state index contributed by atoms with van der Waals surface area (Å²) in [5.74, 6) is 5.53. The number of thiophene rings is 1. The van der Waals surface area contributed by atoms with Crippen LogP contribution in [0.5, 0.6) is 0 Å². The standard InChI is InChI=1S/C10H9ClO2S/c11-4-2-1-3-8-5-9(14-7-8)6-10(12)13/h5,7H,2,4,6H2,(H,12,13). The second-order valence-electron chi connectivity index (χ2n) is 2.61. The lowest BCUT2D eigenvalue weighted by atomic mass is 10.2. The van der Waals surface area contributed by atoms with Crippen molar-refractivity contribution >= 4 is 28.9 Å². The van der Waals surface area contributed by atoms with Crippen LogP contribution in [0, 0.1) is 11.8 Å². The number of carboxylic acid groups (broad SMARTS) is 1. The first-order chi connectivity index (χ1) is 6.72. The highest BCUT2D eigenvalue weighted by Crippen LogP contribution is 2.14. The van der Waals surface area contributed by atoms with Crippen LogP contribution in [0.4, 0.5) is 0 Å². The molecule has 0 bridgehead atoms. The molecule has 4 heteroatoms. The number of hydrogen-bond acceptors (Lipinski definition) is 2. The Morgan fingerprint density at radius 2 is 2.43 bits per heavy atom. The summed E-state index contributed by atoms with van der Waals surface area (Å²) in [5.41, 5.74) is 0.872. The first kappa shape index (κ1) is 11.1. The van der Waals surface area contributed by atoms with Crippen molar-refractivity contribution in [2.75, 3.05) is 5.88 Å². The average Bonchev–Trinajstić information content (AvgIpc) is 2.52. The molecule has 0 aliphatic rings. The van der Waals surface area contributed by atoms with E-state index in [0.717, 1.165) is 10.4 Å². The van der Waals surface area contributed by atoms with E-state index in [-0.39, 0.29) is 6.42 Å². The number of carboxylic acids is 1. The molecule has 1 aromatic rings. The lowest BCUT2D eigenvalue weighted by Crippen LogP contribution is -1.97. The minimum absolute atomic E-state index is 0.0713. The van der Waals surface area contributed by atoms with Gasteiger partial charge < -0.3 is 5.11 Å². The van der Waals surface area contributed by atoms with Crippen LogP contribution in [-0.4, -0.2) is 17.0 Å². The van der Waals surface area contributed by atoms with Crippen molar-refractivity contribution in [3.8, 4) is 11.8 Å². The zero-order chi connectivity index (χ0) is 10.4. The van der Waals surface area contributed by atoms with Gasteiger partial charge in [0.15, 0.2) is 0 Å². The number of hydrogen-bond donors (Lipinski definition) is 1. The van der Waals surface area contributed by atoms with Crippen LogP contribution in [0.3, 0.4) is 0 Å². The van der Waals surface area contributed by atoms with E-state index in [0.29, 0.717) is 12.3 Å². The topological polar surface area (TPSA) is 37.3 Å². The Hall–Kier alpha value is -0.980. The number of aliphatic carboxylic acids is 1. The van der Waals surface area contributed by atoms with Gasteiger partial charge in [-0.2, -0.15) is 0 Å². The van der Waals surface area contributed by atoms with Gasteiger partial charge >= 0.3 is 5.97 Å². The Morgan fingerprint density at radius 1 is 1.64 bits per heavy atom. The summed E-state index contributed by atoms with van der Waals surface area (Å²) in [4.78, 5) is 11.2. The number of carbonyl (C=O) groups is 1. The van der Waals surface area contributed by atoms with Crippen molar-refractivity contribution in [1.29, 1.82) is 0 Å². The van der Waals surface area contributed by atoms with E-state index >= 15 is 0 Å². The second-order valence-corrected chi connectivity index (χ2v) is 3.99. The van der Waals surface area contributed by atoms with E-state index in [1.807, 2.05) is 5.38 Å². The molecule has 14 heavy (non-hydrogen) atoms. The molecule has 1 heterocycles. The van der Waals surface area contributed by atoms with Crippen molar-refractivity contribution < 1.29 is 9.90 Å².